The van der Waals surface area contributed by atoms with Crippen molar-refractivity contribution < 1.29 is 14.3 Å². The predicted molar refractivity (Wildman–Crippen MR) is 109 cm³/mol. The lowest BCUT2D eigenvalue weighted by Crippen LogP contribution is -2.39. The number of nitrogens with zero attached hydrogens (tertiary/aromatic N) is 4. The topological polar surface area (TPSA) is 91.2 Å². The van der Waals surface area contributed by atoms with Gasteiger partial charge < -0.3 is 14.8 Å². The standard InChI is InChI=1S/C22H23N5O3/c28-21(13-15-6-11-19-20(12-15)30-14-29-19)23-17-7-9-18(10-8-17)27-25-22(24-26-27)16-4-2-1-3-5-16/h1-6,11-12,17-18H,7-10,13-14H2,(H,23,28). The van der Waals surface area contributed by atoms with Crippen LogP contribution < -0.4 is 14.8 Å². The first-order valence-corrected chi connectivity index (χ1v) is 10.3. The smallest absolute Gasteiger partial charge is 0.231 e. The molecule has 0 radical (unpaired) electrons. The zero-order valence-electron chi connectivity index (χ0n) is 16.5. The monoisotopic (exact) mass is 405 g/mol. The number of tetrazole rings is 1. The summed E-state index contributed by atoms with van der Waals surface area (Å²) in [4.78, 5) is 14.2. The van der Waals surface area contributed by atoms with E-state index in [0.29, 0.717) is 18.0 Å². The highest BCUT2D eigenvalue weighted by atomic mass is 16.7. The first kappa shape index (κ1) is 18.6. The molecule has 1 amide bonds. The van der Waals surface area contributed by atoms with Gasteiger partial charge in [-0.05, 0) is 48.6 Å². The van der Waals surface area contributed by atoms with Crippen LogP contribution in [0.5, 0.6) is 11.5 Å². The lowest BCUT2D eigenvalue weighted by atomic mass is 9.91. The first-order chi connectivity index (χ1) is 14.7. The van der Waals surface area contributed by atoms with Crippen LogP contribution in [-0.4, -0.2) is 38.9 Å². The van der Waals surface area contributed by atoms with Gasteiger partial charge in [0.25, 0.3) is 0 Å². The number of carbonyl (C=O) groups excluding carboxylic acids is 1. The highest BCUT2D eigenvalue weighted by molar-refractivity contribution is 5.79. The first-order valence-electron chi connectivity index (χ1n) is 10.3. The van der Waals surface area contributed by atoms with Crippen LogP contribution in [0.3, 0.4) is 0 Å². The highest BCUT2D eigenvalue weighted by Crippen LogP contribution is 2.33. The van der Waals surface area contributed by atoms with Crippen LogP contribution in [0.4, 0.5) is 0 Å². The molecule has 0 atom stereocenters. The summed E-state index contributed by atoms with van der Waals surface area (Å²) in [5, 5.41) is 16.2. The van der Waals surface area contributed by atoms with Crippen LogP contribution in [0.1, 0.15) is 37.3 Å². The molecule has 2 aliphatic rings. The molecule has 0 unspecified atom stereocenters. The molecule has 5 rings (SSSR count). The maximum atomic E-state index is 12.5. The Bertz CT molecular complexity index is 1030. The fourth-order valence-corrected chi connectivity index (χ4v) is 4.05. The van der Waals surface area contributed by atoms with Gasteiger partial charge in [-0.3, -0.25) is 4.79 Å². The van der Waals surface area contributed by atoms with Gasteiger partial charge in [0.1, 0.15) is 0 Å². The van der Waals surface area contributed by atoms with Crippen molar-refractivity contribution in [1.82, 2.24) is 25.5 Å². The number of amides is 1. The van der Waals surface area contributed by atoms with Crippen molar-refractivity contribution in [3.63, 3.8) is 0 Å². The minimum Gasteiger partial charge on any atom is -0.454 e. The minimum atomic E-state index is 0.0301. The van der Waals surface area contributed by atoms with Gasteiger partial charge in [0.05, 0.1) is 12.5 Å². The molecule has 0 spiro atoms. The number of ether oxygens (including phenoxy) is 2. The molecule has 30 heavy (non-hydrogen) atoms. The van der Waals surface area contributed by atoms with Crippen molar-refractivity contribution in [2.24, 2.45) is 0 Å². The van der Waals surface area contributed by atoms with Crippen molar-refractivity contribution in [3.05, 3.63) is 54.1 Å². The van der Waals surface area contributed by atoms with Crippen molar-refractivity contribution >= 4 is 5.91 Å². The molecule has 1 aliphatic carbocycles. The second-order valence-corrected chi connectivity index (χ2v) is 7.74. The second kappa shape index (κ2) is 8.14. The third-order valence-electron chi connectivity index (χ3n) is 5.65. The molecule has 2 heterocycles. The van der Waals surface area contributed by atoms with Gasteiger partial charge in [0, 0.05) is 11.6 Å². The molecule has 1 fully saturated rings. The van der Waals surface area contributed by atoms with Crippen molar-refractivity contribution in [3.8, 4) is 22.9 Å². The Morgan fingerprint density at radius 3 is 2.67 bits per heavy atom. The van der Waals surface area contributed by atoms with Crippen LogP contribution in [0.2, 0.25) is 0 Å². The second-order valence-electron chi connectivity index (χ2n) is 7.74. The number of rotatable bonds is 5. The van der Waals surface area contributed by atoms with Gasteiger partial charge in [-0.1, -0.05) is 36.4 Å². The zero-order chi connectivity index (χ0) is 20.3. The van der Waals surface area contributed by atoms with E-state index in [1.807, 2.05) is 48.5 Å². The van der Waals surface area contributed by atoms with Gasteiger partial charge in [-0.15, -0.1) is 10.2 Å². The van der Waals surface area contributed by atoms with Crippen LogP contribution in [0, 0.1) is 0 Å². The third-order valence-corrected chi connectivity index (χ3v) is 5.65. The Morgan fingerprint density at radius 1 is 1.03 bits per heavy atom. The van der Waals surface area contributed by atoms with E-state index in [2.05, 4.69) is 20.7 Å². The molecule has 0 bridgehead atoms. The largest absolute Gasteiger partial charge is 0.454 e. The zero-order valence-corrected chi connectivity index (χ0v) is 16.5. The van der Waals surface area contributed by atoms with E-state index in [-0.39, 0.29) is 24.8 Å². The summed E-state index contributed by atoms with van der Waals surface area (Å²) < 4.78 is 10.7. The van der Waals surface area contributed by atoms with Gasteiger partial charge in [-0.25, -0.2) is 0 Å². The summed E-state index contributed by atoms with van der Waals surface area (Å²) in [7, 11) is 0. The molecule has 2 aromatic carbocycles. The minimum absolute atomic E-state index is 0.0301. The summed E-state index contributed by atoms with van der Waals surface area (Å²) in [6.45, 7) is 0.238. The summed E-state index contributed by atoms with van der Waals surface area (Å²) in [6.07, 6.45) is 3.97. The molecular formula is C22H23N5O3. The number of carbonyl (C=O) groups is 1. The van der Waals surface area contributed by atoms with Crippen LogP contribution in [0.15, 0.2) is 48.5 Å². The Hall–Kier alpha value is -3.42. The fraction of sp³-hybridized carbons (Fsp3) is 0.364. The molecule has 1 N–H and O–H groups in total. The average molecular weight is 405 g/mol. The molecular weight excluding hydrogens is 382 g/mol. The van der Waals surface area contributed by atoms with Crippen LogP contribution in [0.25, 0.3) is 11.4 Å². The third kappa shape index (κ3) is 3.98. The van der Waals surface area contributed by atoms with Gasteiger partial charge in [0.15, 0.2) is 11.5 Å². The Balaban J connectivity index is 1.13. The number of hydrogen-bond donors (Lipinski definition) is 1. The van der Waals surface area contributed by atoms with Gasteiger partial charge in [-0.2, -0.15) is 4.80 Å². The van der Waals surface area contributed by atoms with Gasteiger partial charge >= 0.3 is 0 Å². The average Bonchev–Trinajstić information content (AvgIpc) is 3.44. The predicted octanol–water partition coefficient (Wildman–Crippen LogP) is 2.91. The lowest BCUT2D eigenvalue weighted by molar-refractivity contribution is -0.121. The van der Waals surface area contributed by atoms with E-state index in [9.17, 15) is 4.79 Å². The van der Waals surface area contributed by atoms with Crippen molar-refractivity contribution in [2.75, 3.05) is 6.79 Å². The molecule has 1 aliphatic heterocycles. The Kier molecular flexibility index (Phi) is 5.04. The van der Waals surface area contributed by atoms with E-state index in [4.69, 9.17) is 9.47 Å². The fourth-order valence-electron chi connectivity index (χ4n) is 4.05. The quantitative estimate of drug-likeness (QED) is 0.702. The molecule has 8 heteroatoms. The molecule has 1 saturated carbocycles. The van der Waals surface area contributed by atoms with E-state index in [1.54, 1.807) is 4.80 Å². The molecule has 154 valence electrons. The van der Waals surface area contributed by atoms with Crippen molar-refractivity contribution in [1.29, 1.82) is 0 Å². The summed E-state index contributed by atoms with van der Waals surface area (Å²) in [5.41, 5.74) is 1.89. The summed E-state index contributed by atoms with van der Waals surface area (Å²) in [5.74, 6) is 2.11. The summed E-state index contributed by atoms with van der Waals surface area (Å²) in [6, 6.07) is 15.9. The molecule has 3 aromatic rings. The number of hydrogen-bond acceptors (Lipinski definition) is 6. The van der Waals surface area contributed by atoms with Crippen LogP contribution in [-0.2, 0) is 11.2 Å². The number of benzene rings is 2. The highest BCUT2D eigenvalue weighted by Gasteiger charge is 2.25. The number of aromatic nitrogens is 4. The molecule has 0 saturated heterocycles. The normalized spacial score (nSPS) is 20.1. The van der Waals surface area contributed by atoms with E-state index in [1.165, 1.54) is 0 Å². The molecule has 8 nitrogen and oxygen atoms in total. The summed E-state index contributed by atoms with van der Waals surface area (Å²) >= 11 is 0. The Labute approximate surface area is 174 Å². The SMILES string of the molecule is O=C(Cc1ccc2c(c1)OCO2)NC1CCC(n2nnc(-c3ccccc3)n2)CC1. The van der Waals surface area contributed by atoms with E-state index < -0.39 is 0 Å². The maximum absolute atomic E-state index is 12.5. The lowest BCUT2D eigenvalue weighted by Gasteiger charge is -2.28. The number of fused-ring (bicyclic) bond motifs is 1. The van der Waals surface area contributed by atoms with E-state index >= 15 is 0 Å². The maximum Gasteiger partial charge on any atom is 0.231 e. The van der Waals surface area contributed by atoms with Crippen molar-refractivity contribution in [2.45, 2.75) is 44.2 Å². The molecule has 1 aromatic heterocycles. The van der Waals surface area contributed by atoms with Crippen LogP contribution >= 0.6 is 0 Å². The van der Waals surface area contributed by atoms with Gasteiger partial charge in [0.2, 0.25) is 18.5 Å². The number of nitrogens with one attached hydrogen (secondary N) is 1. The Morgan fingerprint density at radius 2 is 1.83 bits per heavy atom. The van der Waals surface area contributed by atoms with E-state index in [0.717, 1.165) is 42.6 Å².